The van der Waals surface area contributed by atoms with Crippen molar-refractivity contribution in [3.05, 3.63) is 30.0 Å². The van der Waals surface area contributed by atoms with E-state index < -0.39 is 23.1 Å². The number of carbonyl (C=O) groups is 2. The Morgan fingerprint density at radius 3 is 1.95 bits per heavy atom. The molecule has 0 unspecified atom stereocenters. The van der Waals surface area contributed by atoms with Crippen molar-refractivity contribution in [2.45, 2.75) is 59.2 Å². The van der Waals surface area contributed by atoms with E-state index in [2.05, 4.69) is 12.3 Å². The van der Waals surface area contributed by atoms with Crippen LogP contribution in [0.1, 0.15) is 48.0 Å². The van der Waals surface area contributed by atoms with Gasteiger partial charge < -0.3 is 9.47 Å². The van der Waals surface area contributed by atoms with E-state index in [1.54, 1.807) is 47.6 Å². The van der Waals surface area contributed by atoms with E-state index in [0.29, 0.717) is 0 Å². The molecule has 20 heavy (non-hydrogen) atoms. The van der Waals surface area contributed by atoms with Crippen LogP contribution in [0, 0.1) is 0 Å². The molecule has 0 spiro atoms. The lowest BCUT2D eigenvalue weighted by Crippen LogP contribution is -2.24. The summed E-state index contributed by atoms with van der Waals surface area (Å²) in [7, 11) is 0. The highest BCUT2D eigenvalue weighted by molar-refractivity contribution is 5.90. The van der Waals surface area contributed by atoms with Crippen LogP contribution < -0.4 is 0 Å². The first-order chi connectivity index (χ1) is 8.94. The smallest absolute Gasteiger partial charge is 0.342 e. The molecule has 112 valence electrons. The summed E-state index contributed by atoms with van der Waals surface area (Å²) in [5.41, 5.74) is 1.69. The summed E-state index contributed by atoms with van der Waals surface area (Å²) in [4.78, 5) is 23.4. The average Bonchev–Trinajstić information content (AvgIpc) is 2.18. The van der Waals surface area contributed by atoms with Gasteiger partial charge in [0.25, 0.3) is 0 Å². The van der Waals surface area contributed by atoms with Crippen molar-refractivity contribution in [3.63, 3.8) is 0 Å². The zero-order valence-corrected chi connectivity index (χ0v) is 13.2. The molecule has 0 amide bonds. The second kappa shape index (κ2) is 7.11. The van der Waals surface area contributed by atoms with Gasteiger partial charge >= 0.3 is 11.9 Å². The number of carbonyl (C=O) groups excluding carboxylic acids is 2. The quantitative estimate of drug-likeness (QED) is 0.343. The average molecular weight is 280 g/mol. The van der Waals surface area contributed by atoms with Crippen LogP contribution in [-0.2, 0) is 19.1 Å². The summed E-state index contributed by atoms with van der Waals surface area (Å²) in [6.45, 7) is 14.2. The lowest BCUT2D eigenvalue weighted by Gasteiger charge is -2.19. The third kappa shape index (κ3) is 9.17. The first kappa shape index (κ1) is 18.2. The van der Waals surface area contributed by atoms with E-state index in [4.69, 9.17) is 9.47 Å². The molecule has 4 heteroatoms. The summed E-state index contributed by atoms with van der Waals surface area (Å²) in [5.74, 6) is -1.07. The van der Waals surface area contributed by atoms with Gasteiger partial charge in [0, 0.05) is 6.42 Å². The van der Waals surface area contributed by atoms with Crippen LogP contribution in [0.4, 0.5) is 0 Å². The highest BCUT2D eigenvalue weighted by Gasteiger charge is 2.19. The zero-order chi connectivity index (χ0) is 16.0. The molecule has 0 rings (SSSR count). The minimum atomic E-state index is -0.600. The SMILES string of the molecule is C=CCC(=C=CC(=O)OC(C)(C)C)C(=O)OC(C)(C)C. The largest absolute Gasteiger partial charge is 0.456 e. The molecule has 0 heterocycles. The third-order valence-electron chi connectivity index (χ3n) is 1.76. The summed E-state index contributed by atoms with van der Waals surface area (Å²) < 4.78 is 10.3. The van der Waals surface area contributed by atoms with Crippen LogP contribution in [0.25, 0.3) is 0 Å². The minimum Gasteiger partial charge on any atom is -0.456 e. The van der Waals surface area contributed by atoms with Gasteiger partial charge in [-0.15, -0.1) is 12.3 Å². The molecule has 0 saturated heterocycles. The third-order valence-corrected chi connectivity index (χ3v) is 1.76. The molecule has 0 N–H and O–H groups in total. The number of hydrogen-bond donors (Lipinski definition) is 0. The van der Waals surface area contributed by atoms with Gasteiger partial charge in [-0.05, 0) is 41.5 Å². The molecule has 0 bridgehead atoms. The van der Waals surface area contributed by atoms with Crippen molar-refractivity contribution < 1.29 is 19.1 Å². The van der Waals surface area contributed by atoms with Crippen LogP contribution in [0.15, 0.2) is 30.0 Å². The second-order valence-corrected chi connectivity index (χ2v) is 6.30. The van der Waals surface area contributed by atoms with E-state index in [0.717, 1.165) is 6.08 Å². The summed E-state index contributed by atoms with van der Waals surface area (Å²) in [5, 5.41) is 0. The Hall–Kier alpha value is -1.80. The second-order valence-electron chi connectivity index (χ2n) is 6.30. The molecule has 0 aliphatic heterocycles. The van der Waals surface area contributed by atoms with Gasteiger partial charge in [-0.1, -0.05) is 6.08 Å². The Labute approximate surface area is 121 Å². The van der Waals surface area contributed by atoms with Crippen LogP contribution >= 0.6 is 0 Å². The maximum Gasteiger partial charge on any atom is 0.342 e. The van der Waals surface area contributed by atoms with E-state index in [1.165, 1.54) is 0 Å². The molecule has 0 aromatic carbocycles. The highest BCUT2D eigenvalue weighted by Crippen LogP contribution is 2.13. The lowest BCUT2D eigenvalue weighted by molar-refractivity contribution is -0.150. The van der Waals surface area contributed by atoms with Gasteiger partial charge in [0.05, 0.1) is 11.6 Å². The van der Waals surface area contributed by atoms with Crippen LogP contribution in [0.2, 0.25) is 0 Å². The fourth-order valence-corrected chi connectivity index (χ4v) is 1.16. The molecule has 0 aliphatic carbocycles. The molecule has 0 radical (unpaired) electrons. The van der Waals surface area contributed by atoms with Crippen molar-refractivity contribution in [2.75, 3.05) is 0 Å². The first-order valence-corrected chi connectivity index (χ1v) is 6.47. The van der Waals surface area contributed by atoms with Crippen LogP contribution in [0.5, 0.6) is 0 Å². The molecular weight excluding hydrogens is 256 g/mol. The molecule has 0 fully saturated rings. The number of allylic oxidation sites excluding steroid dienone is 1. The molecule has 0 atom stereocenters. The summed E-state index contributed by atoms with van der Waals surface area (Å²) >= 11 is 0. The normalized spacial score (nSPS) is 11.1. The predicted octanol–water partition coefficient (Wildman–Crippen LogP) is 3.33. The molecular formula is C16H24O4. The van der Waals surface area contributed by atoms with Gasteiger partial charge in [0.1, 0.15) is 11.2 Å². The van der Waals surface area contributed by atoms with Crippen molar-refractivity contribution in [1.82, 2.24) is 0 Å². The van der Waals surface area contributed by atoms with Crippen molar-refractivity contribution >= 4 is 11.9 Å². The predicted molar refractivity (Wildman–Crippen MR) is 78.1 cm³/mol. The Morgan fingerprint density at radius 1 is 1.05 bits per heavy atom. The molecule has 0 aromatic rings. The fourth-order valence-electron chi connectivity index (χ4n) is 1.16. The zero-order valence-electron chi connectivity index (χ0n) is 13.2. The number of esters is 2. The van der Waals surface area contributed by atoms with Gasteiger partial charge in [0.15, 0.2) is 0 Å². The van der Waals surface area contributed by atoms with E-state index in [1.807, 2.05) is 0 Å². The standard InChI is InChI=1S/C16H24O4/c1-8-9-12(14(18)20-16(5,6)7)10-11-13(17)19-15(2,3)4/h8,11H,1,9H2,2-7H3. The van der Waals surface area contributed by atoms with Crippen molar-refractivity contribution in [3.8, 4) is 0 Å². The molecule has 0 saturated carbocycles. The van der Waals surface area contributed by atoms with E-state index in [-0.39, 0.29) is 12.0 Å². The number of hydrogen-bond acceptors (Lipinski definition) is 4. The Balaban J connectivity index is 5.07. The summed E-state index contributed by atoms with van der Waals surface area (Å²) in [6, 6.07) is 0. The molecule has 4 nitrogen and oxygen atoms in total. The van der Waals surface area contributed by atoms with E-state index in [9.17, 15) is 9.59 Å². The number of ether oxygens (including phenoxy) is 2. The first-order valence-electron chi connectivity index (χ1n) is 6.47. The van der Waals surface area contributed by atoms with Crippen LogP contribution in [0.3, 0.4) is 0 Å². The van der Waals surface area contributed by atoms with Crippen LogP contribution in [-0.4, -0.2) is 23.1 Å². The van der Waals surface area contributed by atoms with Crippen molar-refractivity contribution in [2.24, 2.45) is 0 Å². The topological polar surface area (TPSA) is 52.6 Å². The Kier molecular flexibility index (Phi) is 6.47. The molecule has 0 aromatic heterocycles. The lowest BCUT2D eigenvalue weighted by atomic mass is 10.1. The van der Waals surface area contributed by atoms with Gasteiger partial charge in [-0.25, -0.2) is 9.59 Å². The van der Waals surface area contributed by atoms with E-state index >= 15 is 0 Å². The highest BCUT2D eigenvalue weighted by atomic mass is 16.6. The Morgan fingerprint density at radius 2 is 1.55 bits per heavy atom. The Bertz CT molecular complexity index is 438. The van der Waals surface area contributed by atoms with Crippen molar-refractivity contribution in [1.29, 1.82) is 0 Å². The van der Waals surface area contributed by atoms with Gasteiger partial charge in [-0.3, -0.25) is 0 Å². The fraction of sp³-hybridized carbons (Fsp3) is 0.562. The summed E-state index contributed by atoms with van der Waals surface area (Å²) in [6.07, 6.45) is 2.93. The number of rotatable bonds is 4. The monoisotopic (exact) mass is 280 g/mol. The minimum absolute atomic E-state index is 0.237. The maximum atomic E-state index is 11.9. The molecule has 0 aliphatic rings. The van der Waals surface area contributed by atoms with Gasteiger partial charge in [0.2, 0.25) is 0 Å². The maximum absolute atomic E-state index is 11.9. The van der Waals surface area contributed by atoms with Gasteiger partial charge in [-0.2, -0.15) is 0 Å².